The highest BCUT2D eigenvalue weighted by Crippen LogP contribution is 2.15. The number of furan rings is 1. The molecule has 2 aromatic heterocycles. The van der Waals surface area contributed by atoms with Crippen molar-refractivity contribution < 1.29 is 9.21 Å². The fourth-order valence-corrected chi connectivity index (χ4v) is 2.75. The summed E-state index contributed by atoms with van der Waals surface area (Å²) in [7, 11) is 0. The molecule has 6 heteroatoms. The molecule has 21 heavy (non-hydrogen) atoms. The molecule has 1 aliphatic rings. The Morgan fingerprint density at radius 1 is 1.52 bits per heavy atom. The minimum Gasteiger partial charge on any atom is -0.469 e. The molecule has 112 valence electrons. The predicted molar refractivity (Wildman–Crippen MR) is 76.7 cm³/mol. The van der Waals surface area contributed by atoms with E-state index in [1.165, 1.54) is 0 Å². The van der Waals surface area contributed by atoms with Crippen LogP contribution in [0.25, 0.3) is 0 Å². The van der Waals surface area contributed by atoms with E-state index in [0.717, 1.165) is 43.2 Å². The molecular weight excluding hydrogens is 268 g/mol. The quantitative estimate of drug-likeness (QED) is 0.905. The summed E-state index contributed by atoms with van der Waals surface area (Å²) in [6, 6.07) is 3.90. The zero-order valence-electron chi connectivity index (χ0n) is 12.2. The lowest BCUT2D eigenvalue weighted by Crippen LogP contribution is -2.41. The number of amides is 1. The zero-order chi connectivity index (χ0) is 14.7. The Bertz CT molecular complexity index is 590. The first kappa shape index (κ1) is 13.9. The van der Waals surface area contributed by atoms with E-state index in [9.17, 15) is 4.79 Å². The Labute approximate surface area is 123 Å². The molecule has 0 spiro atoms. The number of hydrogen-bond acceptors (Lipinski definition) is 4. The third kappa shape index (κ3) is 3.15. The summed E-state index contributed by atoms with van der Waals surface area (Å²) in [6.45, 7) is 2.85. The average molecular weight is 288 g/mol. The predicted octanol–water partition coefficient (Wildman–Crippen LogP) is 1.50. The van der Waals surface area contributed by atoms with Crippen LogP contribution in [-0.4, -0.2) is 26.7 Å². The van der Waals surface area contributed by atoms with Crippen molar-refractivity contribution in [3.05, 3.63) is 35.8 Å². The van der Waals surface area contributed by atoms with E-state index < -0.39 is 0 Å². The van der Waals surface area contributed by atoms with Gasteiger partial charge in [-0.15, -0.1) is 10.2 Å². The molecule has 0 saturated carbocycles. The van der Waals surface area contributed by atoms with Crippen molar-refractivity contribution in [1.29, 1.82) is 0 Å². The molecule has 6 nitrogen and oxygen atoms in total. The van der Waals surface area contributed by atoms with Gasteiger partial charge in [-0.05, 0) is 18.6 Å². The number of carbonyl (C=O) groups excluding carboxylic acids is 1. The maximum absolute atomic E-state index is 12.0. The Balaban J connectivity index is 1.53. The minimum atomic E-state index is 0.0750. The molecule has 1 amide bonds. The molecule has 1 aliphatic heterocycles. The summed E-state index contributed by atoms with van der Waals surface area (Å²) in [6.07, 6.45) is 5.40. The molecule has 0 aliphatic carbocycles. The number of fused-ring (bicyclic) bond motifs is 1. The van der Waals surface area contributed by atoms with Crippen LogP contribution in [0.4, 0.5) is 0 Å². The van der Waals surface area contributed by atoms with E-state index in [-0.39, 0.29) is 11.9 Å². The number of nitrogens with zero attached hydrogens (tertiary/aromatic N) is 3. The van der Waals surface area contributed by atoms with Crippen LogP contribution in [-0.2, 0) is 30.6 Å². The molecule has 1 atom stereocenters. The summed E-state index contributed by atoms with van der Waals surface area (Å²) in [5, 5.41) is 11.5. The highest BCUT2D eigenvalue weighted by atomic mass is 16.3. The summed E-state index contributed by atoms with van der Waals surface area (Å²) in [5.41, 5.74) is 0. The third-order valence-corrected chi connectivity index (χ3v) is 3.88. The van der Waals surface area contributed by atoms with E-state index >= 15 is 0 Å². The lowest BCUT2D eigenvalue weighted by molar-refractivity contribution is -0.122. The monoisotopic (exact) mass is 288 g/mol. The zero-order valence-corrected chi connectivity index (χ0v) is 12.2. The topological polar surface area (TPSA) is 73.0 Å². The number of nitrogens with one attached hydrogen (secondary N) is 1. The smallest absolute Gasteiger partial charge is 0.220 e. The lowest BCUT2D eigenvalue weighted by Gasteiger charge is -2.25. The minimum absolute atomic E-state index is 0.0750. The van der Waals surface area contributed by atoms with E-state index in [2.05, 4.69) is 27.0 Å². The molecular formula is C15H20N4O2. The van der Waals surface area contributed by atoms with Gasteiger partial charge in [0.15, 0.2) is 0 Å². The van der Waals surface area contributed by atoms with E-state index in [1.807, 2.05) is 12.1 Å². The molecule has 0 saturated heterocycles. The van der Waals surface area contributed by atoms with Crippen LogP contribution in [0.1, 0.15) is 37.2 Å². The number of aryl methyl sites for hydroxylation is 3. The van der Waals surface area contributed by atoms with Crippen LogP contribution in [0.2, 0.25) is 0 Å². The second kappa shape index (κ2) is 6.11. The van der Waals surface area contributed by atoms with Gasteiger partial charge in [-0.3, -0.25) is 4.79 Å². The summed E-state index contributed by atoms with van der Waals surface area (Å²) in [5.74, 6) is 2.96. The Kier molecular flexibility index (Phi) is 4.03. The van der Waals surface area contributed by atoms with Gasteiger partial charge in [-0.25, -0.2) is 0 Å². The van der Waals surface area contributed by atoms with Gasteiger partial charge in [0, 0.05) is 38.3 Å². The molecule has 0 bridgehead atoms. The number of carbonyl (C=O) groups is 1. The maximum atomic E-state index is 12.0. The lowest BCUT2D eigenvalue weighted by atomic mass is 10.1. The van der Waals surface area contributed by atoms with E-state index in [1.54, 1.807) is 6.26 Å². The molecule has 2 aromatic rings. The Morgan fingerprint density at radius 2 is 2.43 bits per heavy atom. The van der Waals surface area contributed by atoms with Gasteiger partial charge in [-0.1, -0.05) is 6.92 Å². The van der Waals surface area contributed by atoms with Crippen LogP contribution >= 0.6 is 0 Å². The van der Waals surface area contributed by atoms with Crippen molar-refractivity contribution in [2.45, 2.75) is 51.6 Å². The van der Waals surface area contributed by atoms with Crippen molar-refractivity contribution in [1.82, 2.24) is 20.1 Å². The van der Waals surface area contributed by atoms with Crippen molar-refractivity contribution >= 4 is 5.91 Å². The van der Waals surface area contributed by atoms with Crippen molar-refractivity contribution in [3.8, 4) is 0 Å². The van der Waals surface area contributed by atoms with E-state index in [0.29, 0.717) is 12.8 Å². The molecule has 0 radical (unpaired) electrons. The Hall–Kier alpha value is -2.11. The highest BCUT2D eigenvalue weighted by Gasteiger charge is 2.23. The molecule has 1 N–H and O–H groups in total. The molecule has 0 aromatic carbocycles. The fraction of sp³-hybridized carbons (Fsp3) is 0.533. The summed E-state index contributed by atoms with van der Waals surface area (Å²) >= 11 is 0. The van der Waals surface area contributed by atoms with Crippen molar-refractivity contribution in [2.75, 3.05) is 0 Å². The van der Waals surface area contributed by atoms with Crippen molar-refractivity contribution in [2.24, 2.45) is 0 Å². The van der Waals surface area contributed by atoms with Gasteiger partial charge in [0.25, 0.3) is 0 Å². The molecule has 3 rings (SSSR count). The van der Waals surface area contributed by atoms with Gasteiger partial charge in [0.1, 0.15) is 17.4 Å². The normalized spacial score (nSPS) is 17.5. The number of rotatable bonds is 5. The fourth-order valence-electron chi connectivity index (χ4n) is 2.75. The van der Waals surface area contributed by atoms with Crippen LogP contribution in [0.5, 0.6) is 0 Å². The first-order valence-corrected chi connectivity index (χ1v) is 7.49. The second-order valence-corrected chi connectivity index (χ2v) is 5.38. The van der Waals surface area contributed by atoms with Gasteiger partial charge < -0.3 is 14.3 Å². The summed E-state index contributed by atoms with van der Waals surface area (Å²) in [4.78, 5) is 12.0. The van der Waals surface area contributed by atoms with Gasteiger partial charge in [0.05, 0.1) is 6.26 Å². The van der Waals surface area contributed by atoms with E-state index in [4.69, 9.17) is 4.42 Å². The van der Waals surface area contributed by atoms with Gasteiger partial charge in [0.2, 0.25) is 5.91 Å². The third-order valence-electron chi connectivity index (χ3n) is 3.88. The molecule has 0 fully saturated rings. The Morgan fingerprint density at radius 3 is 3.19 bits per heavy atom. The highest BCUT2D eigenvalue weighted by molar-refractivity contribution is 5.76. The van der Waals surface area contributed by atoms with Crippen LogP contribution < -0.4 is 5.32 Å². The SMILES string of the molecule is CCc1nnc2n1C[C@H](NC(=O)CCc1ccco1)CC2. The van der Waals surface area contributed by atoms with Gasteiger partial charge >= 0.3 is 0 Å². The number of hydrogen-bond donors (Lipinski definition) is 1. The number of aromatic nitrogens is 3. The van der Waals surface area contributed by atoms with Crippen molar-refractivity contribution in [3.63, 3.8) is 0 Å². The summed E-state index contributed by atoms with van der Waals surface area (Å²) < 4.78 is 7.38. The van der Waals surface area contributed by atoms with Crippen LogP contribution in [0.3, 0.4) is 0 Å². The first-order valence-electron chi connectivity index (χ1n) is 7.49. The molecule has 0 unspecified atom stereocenters. The average Bonchev–Trinajstić information content (AvgIpc) is 3.14. The van der Waals surface area contributed by atoms with Gasteiger partial charge in [-0.2, -0.15) is 0 Å². The standard InChI is InChI=1S/C15H20N4O2/c1-2-13-17-18-14-7-5-11(10-19(13)14)16-15(20)8-6-12-4-3-9-21-12/h3-4,9,11H,2,5-8,10H2,1H3,(H,16,20)/t11-/m1/s1. The second-order valence-electron chi connectivity index (χ2n) is 5.38. The first-order chi connectivity index (χ1) is 10.3. The molecule has 3 heterocycles. The van der Waals surface area contributed by atoms with Crippen LogP contribution in [0.15, 0.2) is 22.8 Å². The maximum Gasteiger partial charge on any atom is 0.220 e. The van der Waals surface area contributed by atoms with Crippen LogP contribution in [0, 0.1) is 0 Å². The largest absolute Gasteiger partial charge is 0.469 e.